The summed E-state index contributed by atoms with van der Waals surface area (Å²) in [5.41, 5.74) is 2.89. The molecule has 1 fully saturated rings. The van der Waals surface area contributed by atoms with Gasteiger partial charge < -0.3 is 10.1 Å². The number of benzene rings is 1. The summed E-state index contributed by atoms with van der Waals surface area (Å²) in [6.45, 7) is 4.39. The van der Waals surface area contributed by atoms with Gasteiger partial charge in [-0.25, -0.2) is 4.79 Å². The largest absolute Gasteiger partial charge is 0.462 e. The van der Waals surface area contributed by atoms with Crippen LogP contribution in [0.25, 0.3) is 0 Å². The van der Waals surface area contributed by atoms with Crippen LogP contribution in [0, 0.1) is 11.8 Å². The van der Waals surface area contributed by atoms with E-state index in [9.17, 15) is 9.59 Å². The Balaban J connectivity index is 1.55. The maximum absolute atomic E-state index is 12.8. The summed E-state index contributed by atoms with van der Waals surface area (Å²) in [4.78, 5) is 26.6. The van der Waals surface area contributed by atoms with E-state index in [0.717, 1.165) is 31.2 Å². The minimum atomic E-state index is -0.310. The molecule has 4 nitrogen and oxygen atoms in total. The lowest BCUT2D eigenvalue weighted by Crippen LogP contribution is -2.18. The molecule has 0 saturated heterocycles. The van der Waals surface area contributed by atoms with E-state index in [1.165, 1.54) is 10.4 Å². The molecule has 2 aliphatic carbocycles. The number of fused-ring (bicyclic) bond motifs is 1. The molecule has 1 saturated carbocycles. The summed E-state index contributed by atoms with van der Waals surface area (Å²) in [7, 11) is 0. The average molecular weight is 384 g/mol. The van der Waals surface area contributed by atoms with E-state index in [0.29, 0.717) is 23.1 Å². The number of carbonyl (C=O) groups excluding carboxylic acids is 2. The Bertz CT molecular complexity index is 858. The molecule has 1 aromatic heterocycles. The molecule has 0 aliphatic heterocycles. The van der Waals surface area contributed by atoms with Crippen molar-refractivity contribution in [3.63, 3.8) is 0 Å². The fraction of sp³-hybridized carbons (Fsp3) is 0.455. The summed E-state index contributed by atoms with van der Waals surface area (Å²) >= 11 is 1.56. The molecule has 3 atom stereocenters. The predicted octanol–water partition coefficient (Wildman–Crippen LogP) is 4.79. The first-order valence-corrected chi connectivity index (χ1v) is 10.6. The Morgan fingerprint density at radius 1 is 1.26 bits per heavy atom. The first kappa shape index (κ1) is 18.2. The van der Waals surface area contributed by atoms with E-state index in [4.69, 9.17) is 4.74 Å². The van der Waals surface area contributed by atoms with Gasteiger partial charge >= 0.3 is 5.97 Å². The van der Waals surface area contributed by atoms with Crippen LogP contribution < -0.4 is 5.32 Å². The lowest BCUT2D eigenvalue weighted by Gasteiger charge is -2.18. The van der Waals surface area contributed by atoms with Gasteiger partial charge in [-0.1, -0.05) is 37.3 Å². The van der Waals surface area contributed by atoms with Crippen molar-refractivity contribution in [3.05, 3.63) is 51.9 Å². The molecule has 5 heteroatoms. The Kier molecular flexibility index (Phi) is 5.04. The summed E-state index contributed by atoms with van der Waals surface area (Å²) in [6, 6.07) is 10.2. The van der Waals surface area contributed by atoms with Crippen molar-refractivity contribution in [2.45, 2.75) is 45.4 Å². The fourth-order valence-electron chi connectivity index (χ4n) is 4.02. The molecule has 0 unspecified atom stereocenters. The van der Waals surface area contributed by atoms with Gasteiger partial charge in [0.25, 0.3) is 0 Å². The molecule has 1 aromatic carbocycles. The average Bonchev–Trinajstić information content (AvgIpc) is 3.38. The van der Waals surface area contributed by atoms with Crippen LogP contribution in [0.1, 0.15) is 59.0 Å². The van der Waals surface area contributed by atoms with Gasteiger partial charge in [0, 0.05) is 10.8 Å². The van der Waals surface area contributed by atoms with Gasteiger partial charge in [-0.05, 0) is 55.6 Å². The second-order valence-electron chi connectivity index (χ2n) is 7.62. The predicted molar refractivity (Wildman–Crippen MR) is 107 cm³/mol. The molecule has 1 amide bonds. The Morgan fingerprint density at radius 2 is 2.04 bits per heavy atom. The highest BCUT2D eigenvalue weighted by Crippen LogP contribution is 2.48. The molecule has 1 N–H and O–H groups in total. The SMILES string of the molecule is CCOC(=O)c1c(NC(=O)[C@H]2C[C@H]2c2ccccc2)sc2c1CC[C@@H](C)C2. The monoisotopic (exact) mass is 383 g/mol. The fourth-order valence-corrected chi connectivity index (χ4v) is 5.42. The van der Waals surface area contributed by atoms with Crippen LogP contribution in [-0.2, 0) is 22.4 Å². The molecule has 142 valence electrons. The molecular weight excluding hydrogens is 358 g/mol. The van der Waals surface area contributed by atoms with Gasteiger partial charge in [0.2, 0.25) is 5.91 Å². The number of hydrogen-bond donors (Lipinski definition) is 1. The van der Waals surface area contributed by atoms with Crippen LogP contribution in [0.4, 0.5) is 5.00 Å². The number of carbonyl (C=O) groups is 2. The summed E-state index contributed by atoms with van der Waals surface area (Å²) in [6.07, 6.45) is 3.79. The third-order valence-electron chi connectivity index (χ3n) is 5.58. The molecule has 4 rings (SSSR count). The van der Waals surface area contributed by atoms with Crippen LogP contribution in [0.5, 0.6) is 0 Å². The zero-order valence-electron chi connectivity index (χ0n) is 15.8. The zero-order chi connectivity index (χ0) is 19.0. The molecule has 27 heavy (non-hydrogen) atoms. The van der Waals surface area contributed by atoms with Crippen molar-refractivity contribution in [1.82, 2.24) is 0 Å². The van der Waals surface area contributed by atoms with Gasteiger partial charge in [0.05, 0.1) is 12.2 Å². The van der Waals surface area contributed by atoms with Crippen molar-refractivity contribution in [3.8, 4) is 0 Å². The number of anilines is 1. The lowest BCUT2D eigenvalue weighted by molar-refractivity contribution is -0.117. The highest BCUT2D eigenvalue weighted by atomic mass is 32.1. The molecule has 2 aromatic rings. The Labute approximate surface area is 163 Å². The summed E-state index contributed by atoms with van der Waals surface area (Å²) in [5, 5.41) is 3.74. The standard InChI is InChI=1S/C22H25NO3S/c1-3-26-22(25)19-15-10-9-13(2)11-18(15)27-21(19)23-20(24)17-12-16(17)14-7-5-4-6-8-14/h4-8,13,16-17H,3,9-12H2,1-2H3,(H,23,24)/t13-,16+,17+/m1/s1. The van der Waals surface area contributed by atoms with Crippen molar-refractivity contribution >= 4 is 28.2 Å². The number of amides is 1. The van der Waals surface area contributed by atoms with Gasteiger partial charge in [-0.2, -0.15) is 0 Å². The second kappa shape index (κ2) is 7.47. The maximum atomic E-state index is 12.8. The quantitative estimate of drug-likeness (QED) is 0.755. The van der Waals surface area contributed by atoms with Crippen LogP contribution in [0.2, 0.25) is 0 Å². The van der Waals surface area contributed by atoms with E-state index in [-0.39, 0.29) is 23.7 Å². The first-order chi connectivity index (χ1) is 13.1. The molecule has 0 radical (unpaired) electrons. The first-order valence-electron chi connectivity index (χ1n) is 9.76. The molecule has 0 bridgehead atoms. The smallest absolute Gasteiger partial charge is 0.341 e. The van der Waals surface area contributed by atoms with Gasteiger partial charge in [-0.15, -0.1) is 11.3 Å². The highest BCUT2D eigenvalue weighted by molar-refractivity contribution is 7.17. The third-order valence-corrected chi connectivity index (χ3v) is 6.75. The minimum absolute atomic E-state index is 0.0134. The van der Waals surface area contributed by atoms with Gasteiger partial charge in [0.15, 0.2) is 0 Å². The number of nitrogens with one attached hydrogen (secondary N) is 1. The van der Waals surface area contributed by atoms with Crippen molar-refractivity contribution in [2.24, 2.45) is 11.8 Å². The third kappa shape index (κ3) is 3.65. The molecule has 1 heterocycles. The zero-order valence-corrected chi connectivity index (χ0v) is 16.6. The van der Waals surface area contributed by atoms with Gasteiger partial charge in [-0.3, -0.25) is 4.79 Å². The van der Waals surface area contributed by atoms with Crippen LogP contribution in [-0.4, -0.2) is 18.5 Å². The van der Waals surface area contributed by atoms with E-state index < -0.39 is 0 Å². The van der Waals surface area contributed by atoms with Crippen molar-refractivity contribution < 1.29 is 14.3 Å². The number of thiophene rings is 1. The number of rotatable bonds is 5. The van der Waals surface area contributed by atoms with Crippen molar-refractivity contribution in [2.75, 3.05) is 11.9 Å². The van der Waals surface area contributed by atoms with E-state index >= 15 is 0 Å². The normalized spacial score (nSPS) is 23.4. The molecule has 2 aliphatic rings. The molecule has 0 spiro atoms. The van der Waals surface area contributed by atoms with Gasteiger partial charge in [0.1, 0.15) is 5.00 Å². The van der Waals surface area contributed by atoms with E-state index in [1.54, 1.807) is 11.3 Å². The number of esters is 1. The summed E-state index contributed by atoms with van der Waals surface area (Å²) in [5.74, 6) is 0.587. The van der Waals surface area contributed by atoms with E-state index in [2.05, 4.69) is 24.4 Å². The maximum Gasteiger partial charge on any atom is 0.341 e. The Hall–Kier alpha value is -2.14. The minimum Gasteiger partial charge on any atom is -0.462 e. The van der Waals surface area contributed by atoms with Crippen LogP contribution in [0.15, 0.2) is 30.3 Å². The lowest BCUT2D eigenvalue weighted by atomic mass is 9.88. The molecular formula is C22H25NO3S. The number of ether oxygens (including phenoxy) is 1. The van der Waals surface area contributed by atoms with Crippen LogP contribution >= 0.6 is 11.3 Å². The highest BCUT2D eigenvalue weighted by Gasteiger charge is 2.44. The van der Waals surface area contributed by atoms with Crippen LogP contribution in [0.3, 0.4) is 0 Å². The Morgan fingerprint density at radius 3 is 2.78 bits per heavy atom. The topological polar surface area (TPSA) is 55.4 Å². The summed E-state index contributed by atoms with van der Waals surface area (Å²) < 4.78 is 5.28. The van der Waals surface area contributed by atoms with Crippen molar-refractivity contribution in [1.29, 1.82) is 0 Å². The van der Waals surface area contributed by atoms with E-state index in [1.807, 2.05) is 25.1 Å². The number of hydrogen-bond acceptors (Lipinski definition) is 4. The second-order valence-corrected chi connectivity index (χ2v) is 8.73.